The molecule has 0 aliphatic carbocycles. The molecule has 2 aromatic rings. The monoisotopic (exact) mass is 316 g/mol. The van der Waals surface area contributed by atoms with Gasteiger partial charge in [-0.2, -0.15) is 0 Å². The van der Waals surface area contributed by atoms with Gasteiger partial charge in [0.1, 0.15) is 17.3 Å². The minimum Gasteiger partial charge on any atom is -0.464 e. The minimum atomic E-state index is -0.0838. The number of amides is 2. The molecule has 0 saturated heterocycles. The van der Waals surface area contributed by atoms with E-state index in [9.17, 15) is 4.79 Å². The van der Waals surface area contributed by atoms with Gasteiger partial charge in [0.2, 0.25) is 0 Å². The number of carbonyl (C=O) groups is 1. The Hall–Kier alpha value is -2.24. The third-order valence-corrected chi connectivity index (χ3v) is 4.28. The van der Waals surface area contributed by atoms with Crippen LogP contribution >= 0.6 is 0 Å². The quantitative estimate of drug-likeness (QED) is 0.943. The van der Waals surface area contributed by atoms with Crippen molar-refractivity contribution in [1.82, 2.24) is 19.8 Å². The number of furan rings is 1. The van der Waals surface area contributed by atoms with Crippen LogP contribution in [0.2, 0.25) is 0 Å². The number of rotatable bonds is 4. The maximum absolute atomic E-state index is 12.3. The van der Waals surface area contributed by atoms with Crippen molar-refractivity contribution in [1.29, 1.82) is 0 Å². The normalized spacial score (nSPS) is 16.9. The molecule has 3 rings (SSSR count). The highest BCUT2D eigenvalue weighted by Crippen LogP contribution is 2.26. The van der Waals surface area contributed by atoms with E-state index in [0.717, 1.165) is 42.4 Å². The molecule has 0 aromatic carbocycles. The lowest BCUT2D eigenvalue weighted by Gasteiger charge is -2.25. The molecule has 6 heteroatoms. The average molecular weight is 316 g/mol. The first-order chi connectivity index (χ1) is 11.0. The van der Waals surface area contributed by atoms with Gasteiger partial charge in [0.25, 0.3) is 0 Å². The van der Waals surface area contributed by atoms with E-state index in [0.29, 0.717) is 19.0 Å². The average Bonchev–Trinajstić information content (AvgIpc) is 3.09. The fourth-order valence-corrected chi connectivity index (χ4v) is 3.12. The zero-order chi connectivity index (χ0) is 16.4. The summed E-state index contributed by atoms with van der Waals surface area (Å²) in [6.45, 7) is 6.03. The summed E-state index contributed by atoms with van der Waals surface area (Å²) in [5.74, 6) is 3.04. The summed E-state index contributed by atoms with van der Waals surface area (Å²) >= 11 is 0. The number of nitrogens with zero attached hydrogens (tertiary/aromatic N) is 3. The highest BCUT2D eigenvalue weighted by atomic mass is 16.3. The van der Waals surface area contributed by atoms with Crippen LogP contribution < -0.4 is 5.32 Å². The van der Waals surface area contributed by atoms with Gasteiger partial charge >= 0.3 is 6.03 Å². The molecule has 1 atom stereocenters. The van der Waals surface area contributed by atoms with Crippen molar-refractivity contribution < 1.29 is 9.21 Å². The van der Waals surface area contributed by atoms with Crippen molar-refractivity contribution in [3.8, 4) is 0 Å². The van der Waals surface area contributed by atoms with E-state index in [1.165, 1.54) is 0 Å². The van der Waals surface area contributed by atoms with Gasteiger partial charge in [0, 0.05) is 32.3 Å². The lowest BCUT2D eigenvalue weighted by atomic mass is 9.99. The number of aryl methyl sites for hydroxylation is 3. The predicted molar refractivity (Wildman–Crippen MR) is 87.2 cm³/mol. The lowest BCUT2D eigenvalue weighted by Crippen LogP contribution is -2.39. The molecule has 1 aliphatic rings. The van der Waals surface area contributed by atoms with Crippen LogP contribution in [0.15, 0.2) is 22.7 Å². The molecule has 2 aromatic heterocycles. The molecular formula is C17H24N4O2. The van der Waals surface area contributed by atoms with E-state index in [4.69, 9.17) is 4.42 Å². The molecule has 3 heterocycles. The molecule has 0 bridgehead atoms. The largest absolute Gasteiger partial charge is 0.464 e. The number of aromatic nitrogens is 2. The molecule has 0 unspecified atom stereocenters. The Kier molecular flexibility index (Phi) is 4.41. The van der Waals surface area contributed by atoms with Gasteiger partial charge in [-0.15, -0.1) is 0 Å². The third kappa shape index (κ3) is 3.57. The van der Waals surface area contributed by atoms with Crippen LogP contribution in [0.3, 0.4) is 0 Å². The Morgan fingerprint density at radius 1 is 1.48 bits per heavy atom. The molecule has 124 valence electrons. The molecule has 0 fully saturated rings. The Labute approximate surface area is 136 Å². The number of hydrogen-bond acceptors (Lipinski definition) is 3. The van der Waals surface area contributed by atoms with E-state index in [-0.39, 0.29) is 6.03 Å². The van der Waals surface area contributed by atoms with E-state index in [2.05, 4.69) is 21.1 Å². The van der Waals surface area contributed by atoms with Gasteiger partial charge in [0.05, 0.1) is 12.2 Å². The van der Waals surface area contributed by atoms with E-state index in [1.807, 2.05) is 26.0 Å². The molecule has 23 heavy (non-hydrogen) atoms. The second kappa shape index (κ2) is 6.48. The molecule has 1 aliphatic heterocycles. The van der Waals surface area contributed by atoms with Gasteiger partial charge < -0.3 is 19.2 Å². The molecule has 6 nitrogen and oxygen atoms in total. The summed E-state index contributed by atoms with van der Waals surface area (Å²) in [6.07, 6.45) is 4.29. The zero-order valence-electron chi connectivity index (χ0n) is 14.0. The highest BCUT2D eigenvalue weighted by Gasteiger charge is 2.23. The molecule has 2 amide bonds. The van der Waals surface area contributed by atoms with Crippen molar-refractivity contribution in [2.45, 2.75) is 45.7 Å². The van der Waals surface area contributed by atoms with E-state index >= 15 is 0 Å². The number of carbonyl (C=O) groups excluding carboxylic acids is 1. The number of hydrogen-bond donors (Lipinski definition) is 1. The van der Waals surface area contributed by atoms with Crippen LogP contribution in [0.4, 0.5) is 4.79 Å². The smallest absolute Gasteiger partial charge is 0.317 e. The minimum absolute atomic E-state index is 0.0838. The second-order valence-electron chi connectivity index (χ2n) is 6.33. The van der Waals surface area contributed by atoms with E-state index in [1.54, 1.807) is 11.9 Å². The zero-order valence-corrected chi connectivity index (χ0v) is 14.0. The Balaban J connectivity index is 1.55. The van der Waals surface area contributed by atoms with Crippen LogP contribution in [0.1, 0.15) is 41.8 Å². The highest BCUT2D eigenvalue weighted by molar-refractivity contribution is 5.73. The number of nitrogens with one attached hydrogen (secondary N) is 1. The van der Waals surface area contributed by atoms with E-state index < -0.39 is 0 Å². The summed E-state index contributed by atoms with van der Waals surface area (Å²) in [6, 6.07) is 3.73. The second-order valence-corrected chi connectivity index (χ2v) is 6.33. The maximum Gasteiger partial charge on any atom is 0.317 e. The fourth-order valence-electron chi connectivity index (χ4n) is 3.12. The lowest BCUT2D eigenvalue weighted by molar-refractivity contribution is 0.201. The van der Waals surface area contributed by atoms with Crippen LogP contribution in [0.25, 0.3) is 0 Å². The van der Waals surface area contributed by atoms with Gasteiger partial charge in [-0.25, -0.2) is 9.78 Å². The molecule has 0 radical (unpaired) electrons. The Morgan fingerprint density at radius 2 is 2.30 bits per heavy atom. The summed E-state index contributed by atoms with van der Waals surface area (Å²) in [5.41, 5.74) is 1.04. The van der Waals surface area contributed by atoms with Crippen LogP contribution in [-0.4, -0.2) is 34.1 Å². The summed E-state index contributed by atoms with van der Waals surface area (Å²) < 4.78 is 7.73. The van der Waals surface area contributed by atoms with Crippen molar-refractivity contribution in [3.05, 3.63) is 41.4 Å². The van der Waals surface area contributed by atoms with Gasteiger partial charge in [0.15, 0.2) is 0 Å². The number of fused-ring (bicyclic) bond motifs is 1. The van der Waals surface area contributed by atoms with Gasteiger partial charge in [-0.1, -0.05) is 0 Å². The topological polar surface area (TPSA) is 63.3 Å². The van der Waals surface area contributed by atoms with Crippen molar-refractivity contribution in [2.75, 3.05) is 13.6 Å². The first kappa shape index (κ1) is 15.6. The standard InChI is InChI=1S/C17H24N4O2/c1-12-10-21-8-4-5-14(16(21)19-12)9-18-17(22)20(3)11-15-7-6-13(2)23-15/h6-7,10,14H,4-5,8-9,11H2,1-3H3,(H,18,22)/t14-/m0/s1. The van der Waals surface area contributed by atoms with Gasteiger partial charge in [-0.3, -0.25) is 0 Å². The van der Waals surface area contributed by atoms with Crippen molar-refractivity contribution >= 4 is 6.03 Å². The summed E-state index contributed by atoms with van der Waals surface area (Å²) in [7, 11) is 1.78. The molecular weight excluding hydrogens is 292 g/mol. The van der Waals surface area contributed by atoms with Gasteiger partial charge in [-0.05, 0) is 38.8 Å². The number of imidazole rings is 1. The Bertz CT molecular complexity index is 689. The van der Waals surface area contributed by atoms with Crippen molar-refractivity contribution in [2.24, 2.45) is 0 Å². The third-order valence-electron chi connectivity index (χ3n) is 4.28. The first-order valence-electron chi connectivity index (χ1n) is 8.11. The summed E-state index contributed by atoms with van der Waals surface area (Å²) in [4.78, 5) is 18.5. The molecule has 0 saturated carbocycles. The van der Waals surface area contributed by atoms with Crippen LogP contribution in [-0.2, 0) is 13.1 Å². The summed E-state index contributed by atoms with van der Waals surface area (Å²) in [5, 5.41) is 3.02. The van der Waals surface area contributed by atoms with Crippen molar-refractivity contribution in [3.63, 3.8) is 0 Å². The Morgan fingerprint density at radius 3 is 3.04 bits per heavy atom. The van der Waals surface area contributed by atoms with Crippen LogP contribution in [0.5, 0.6) is 0 Å². The maximum atomic E-state index is 12.3. The fraction of sp³-hybridized carbons (Fsp3) is 0.529. The van der Waals surface area contributed by atoms with Crippen LogP contribution in [0, 0.1) is 13.8 Å². The number of urea groups is 1. The molecule has 0 spiro atoms. The molecule has 1 N–H and O–H groups in total. The predicted octanol–water partition coefficient (Wildman–Crippen LogP) is 2.81. The first-order valence-corrected chi connectivity index (χ1v) is 8.11. The SMILES string of the molecule is Cc1cn2c(n1)[C@H](CNC(=O)N(C)Cc1ccc(C)o1)CCC2.